The van der Waals surface area contributed by atoms with Crippen LogP contribution >= 0.6 is 0 Å². The molecule has 4 heteroatoms. The zero-order valence-electron chi connectivity index (χ0n) is 9.88. The number of para-hydroxylation sites is 1. The molecule has 2 N–H and O–H groups in total. The fourth-order valence-corrected chi connectivity index (χ4v) is 1.88. The summed E-state index contributed by atoms with van der Waals surface area (Å²) in [6.07, 6.45) is 0. The Morgan fingerprint density at radius 2 is 2.00 bits per heavy atom. The topological polar surface area (TPSA) is 61.3 Å². The molecule has 0 bridgehead atoms. The summed E-state index contributed by atoms with van der Waals surface area (Å²) >= 11 is 0. The second-order valence-electron chi connectivity index (χ2n) is 3.95. The molecule has 0 amide bonds. The van der Waals surface area contributed by atoms with Crippen LogP contribution in [0.2, 0.25) is 0 Å². The highest BCUT2D eigenvalue weighted by atomic mass is 16.5. The van der Waals surface area contributed by atoms with E-state index in [1.807, 2.05) is 30.3 Å². The summed E-state index contributed by atoms with van der Waals surface area (Å²) in [5.74, 6) is 1.27. The van der Waals surface area contributed by atoms with Crippen molar-refractivity contribution in [3.05, 3.63) is 42.5 Å². The standard InChI is InChI=1S/C14H12N2O2/c1-17-12-5-3-2-4-10(12)14-16-11-8-9(15)6-7-13(11)18-14/h2-8H,15H2,1H3. The van der Waals surface area contributed by atoms with Crippen molar-refractivity contribution in [2.24, 2.45) is 0 Å². The average molecular weight is 240 g/mol. The third kappa shape index (κ3) is 1.68. The van der Waals surface area contributed by atoms with Crippen molar-refractivity contribution in [1.29, 1.82) is 0 Å². The van der Waals surface area contributed by atoms with Crippen molar-refractivity contribution >= 4 is 16.8 Å². The van der Waals surface area contributed by atoms with Gasteiger partial charge in [0, 0.05) is 5.69 Å². The first-order valence-corrected chi connectivity index (χ1v) is 5.57. The minimum atomic E-state index is 0.535. The van der Waals surface area contributed by atoms with E-state index in [2.05, 4.69) is 4.98 Å². The highest BCUT2D eigenvalue weighted by Crippen LogP contribution is 2.31. The van der Waals surface area contributed by atoms with E-state index < -0.39 is 0 Å². The minimum Gasteiger partial charge on any atom is -0.496 e. The summed E-state index contributed by atoms with van der Waals surface area (Å²) in [4.78, 5) is 4.43. The summed E-state index contributed by atoms with van der Waals surface area (Å²) in [6.45, 7) is 0. The number of oxazole rings is 1. The average Bonchev–Trinajstić information content (AvgIpc) is 2.81. The largest absolute Gasteiger partial charge is 0.496 e. The van der Waals surface area contributed by atoms with Crippen LogP contribution in [0, 0.1) is 0 Å². The third-order valence-electron chi connectivity index (χ3n) is 2.75. The Kier molecular flexibility index (Phi) is 2.41. The Morgan fingerprint density at radius 1 is 1.17 bits per heavy atom. The molecule has 3 aromatic rings. The van der Waals surface area contributed by atoms with E-state index in [0.29, 0.717) is 17.2 Å². The summed E-state index contributed by atoms with van der Waals surface area (Å²) in [5, 5.41) is 0. The van der Waals surface area contributed by atoms with Gasteiger partial charge in [-0.15, -0.1) is 0 Å². The van der Waals surface area contributed by atoms with Gasteiger partial charge >= 0.3 is 0 Å². The first-order chi connectivity index (χ1) is 8.78. The van der Waals surface area contributed by atoms with Crippen LogP contribution in [0.1, 0.15) is 0 Å². The summed E-state index contributed by atoms with van der Waals surface area (Å²) < 4.78 is 11.0. The number of ether oxygens (including phenoxy) is 1. The molecule has 18 heavy (non-hydrogen) atoms. The van der Waals surface area contributed by atoms with Gasteiger partial charge in [0.15, 0.2) is 5.58 Å². The maximum atomic E-state index is 5.72. The van der Waals surface area contributed by atoms with Gasteiger partial charge in [-0.05, 0) is 30.3 Å². The monoisotopic (exact) mass is 240 g/mol. The Balaban J connectivity index is 2.19. The van der Waals surface area contributed by atoms with Crippen molar-refractivity contribution in [1.82, 2.24) is 4.98 Å². The molecule has 0 saturated carbocycles. The van der Waals surface area contributed by atoms with Gasteiger partial charge in [0.05, 0.1) is 12.7 Å². The molecule has 0 saturated heterocycles. The van der Waals surface area contributed by atoms with Crippen molar-refractivity contribution in [2.45, 2.75) is 0 Å². The number of hydrogen-bond donors (Lipinski definition) is 1. The Hall–Kier alpha value is -2.49. The molecule has 0 aliphatic rings. The SMILES string of the molecule is COc1ccccc1-c1nc2cc(N)ccc2o1. The lowest BCUT2D eigenvalue weighted by molar-refractivity contribution is 0.414. The number of nitrogens with zero attached hydrogens (tertiary/aromatic N) is 1. The molecular formula is C14H12N2O2. The van der Waals surface area contributed by atoms with E-state index in [1.54, 1.807) is 19.2 Å². The quantitative estimate of drug-likeness (QED) is 0.699. The number of nitrogens with two attached hydrogens (primary N) is 1. The normalized spacial score (nSPS) is 10.7. The fraction of sp³-hybridized carbons (Fsp3) is 0.0714. The second-order valence-corrected chi connectivity index (χ2v) is 3.95. The Bertz CT molecular complexity index is 704. The molecule has 0 aliphatic heterocycles. The Labute approximate surface area is 104 Å². The lowest BCUT2D eigenvalue weighted by atomic mass is 10.2. The van der Waals surface area contributed by atoms with Gasteiger partial charge < -0.3 is 14.9 Å². The first kappa shape index (κ1) is 10.7. The molecule has 0 atom stereocenters. The molecule has 0 fully saturated rings. The highest BCUT2D eigenvalue weighted by Gasteiger charge is 2.12. The first-order valence-electron chi connectivity index (χ1n) is 5.57. The van der Waals surface area contributed by atoms with Crippen LogP contribution in [0.5, 0.6) is 5.75 Å². The molecular weight excluding hydrogens is 228 g/mol. The van der Waals surface area contributed by atoms with Crippen LogP contribution in [-0.4, -0.2) is 12.1 Å². The van der Waals surface area contributed by atoms with Gasteiger partial charge in [-0.25, -0.2) is 4.98 Å². The maximum Gasteiger partial charge on any atom is 0.231 e. The molecule has 3 rings (SSSR count). The van der Waals surface area contributed by atoms with Gasteiger partial charge in [0.1, 0.15) is 11.3 Å². The van der Waals surface area contributed by atoms with Crippen molar-refractivity contribution in [3.63, 3.8) is 0 Å². The van der Waals surface area contributed by atoms with Crippen LogP contribution < -0.4 is 10.5 Å². The summed E-state index contributed by atoms with van der Waals surface area (Å²) in [5.41, 5.74) is 8.68. The molecule has 1 heterocycles. The number of fused-ring (bicyclic) bond motifs is 1. The molecule has 0 spiro atoms. The number of aromatic nitrogens is 1. The fourth-order valence-electron chi connectivity index (χ4n) is 1.88. The predicted molar refractivity (Wildman–Crippen MR) is 70.4 cm³/mol. The van der Waals surface area contributed by atoms with Gasteiger partial charge in [0.2, 0.25) is 5.89 Å². The van der Waals surface area contributed by atoms with Crippen LogP contribution in [0.15, 0.2) is 46.9 Å². The van der Waals surface area contributed by atoms with Crippen molar-refractivity contribution in [2.75, 3.05) is 12.8 Å². The maximum absolute atomic E-state index is 5.72. The zero-order valence-corrected chi connectivity index (χ0v) is 9.88. The molecule has 4 nitrogen and oxygen atoms in total. The van der Waals surface area contributed by atoms with Crippen LogP contribution in [0.25, 0.3) is 22.6 Å². The lowest BCUT2D eigenvalue weighted by Crippen LogP contribution is -1.87. The van der Waals surface area contributed by atoms with Gasteiger partial charge in [-0.3, -0.25) is 0 Å². The predicted octanol–water partition coefficient (Wildman–Crippen LogP) is 3.09. The van der Waals surface area contributed by atoms with E-state index in [1.165, 1.54) is 0 Å². The minimum absolute atomic E-state index is 0.535. The Morgan fingerprint density at radius 3 is 2.83 bits per heavy atom. The van der Waals surface area contributed by atoms with Crippen LogP contribution in [0.3, 0.4) is 0 Å². The smallest absolute Gasteiger partial charge is 0.231 e. The molecule has 0 aliphatic carbocycles. The van der Waals surface area contributed by atoms with Crippen molar-refractivity contribution in [3.8, 4) is 17.2 Å². The van der Waals surface area contributed by atoms with Crippen molar-refractivity contribution < 1.29 is 9.15 Å². The summed E-state index contributed by atoms with van der Waals surface area (Å²) in [7, 11) is 1.62. The lowest BCUT2D eigenvalue weighted by Gasteiger charge is -2.03. The molecule has 1 aromatic heterocycles. The van der Waals surface area contributed by atoms with Crippen LogP contribution in [0.4, 0.5) is 5.69 Å². The number of benzene rings is 2. The highest BCUT2D eigenvalue weighted by molar-refractivity contribution is 5.80. The third-order valence-corrected chi connectivity index (χ3v) is 2.75. The van der Waals surface area contributed by atoms with E-state index >= 15 is 0 Å². The van der Waals surface area contributed by atoms with Gasteiger partial charge in [0.25, 0.3) is 0 Å². The van der Waals surface area contributed by atoms with E-state index in [4.69, 9.17) is 14.9 Å². The van der Waals surface area contributed by atoms with Gasteiger partial charge in [-0.1, -0.05) is 12.1 Å². The molecule has 0 radical (unpaired) electrons. The number of rotatable bonds is 2. The number of nitrogen functional groups attached to an aromatic ring is 1. The molecule has 0 unspecified atom stereocenters. The van der Waals surface area contributed by atoms with E-state index in [9.17, 15) is 0 Å². The van der Waals surface area contributed by atoms with Gasteiger partial charge in [-0.2, -0.15) is 0 Å². The number of anilines is 1. The second kappa shape index (κ2) is 4.07. The van der Waals surface area contributed by atoms with E-state index in [-0.39, 0.29) is 0 Å². The van der Waals surface area contributed by atoms with E-state index in [0.717, 1.165) is 16.8 Å². The molecule has 90 valence electrons. The summed E-state index contributed by atoms with van der Waals surface area (Å²) in [6, 6.07) is 13.0. The van der Waals surface area contributed by atoms with Crippen LogP contribution in [-0.2, 0) is 0 Å². The molecule has 2 aromatic carbocycles. The number of methoxy groups -OCH3 is 1. The number of hydrogen-bond acceptors (Lipinski definition) is 4. The zero-order chi connectivity index (χ0) is 12.5.